The number of allylic oxidation sites excluding steroid dienone is 3. The maximum Gasteiger partial charge on any atom is 0.115 e. The minimum absolute atomic E-state index is 0.623. The van der Waals surface area contributed by atoms with Gasteiger partial charge >= 0.3 is 0 Å². The van der Waals surface area contributed by atoms with E-state index in [4.69, 9.17) is 4.74 Å². The van der Waals surface area contributed by atoms with Crippen molar-refractivity contribution in [3.05, 3.63) is 78.4 Å². The fraction of sp³-hybridized carbons (Fsp3) is 0.118. The molecule has 0 amide bonds. The normalized spacial score (nSPS) is 14.6. The van der Waals surface area contributed by atoms with Gasteiger partial charge in [-0.05, 0) is 41.3 Å². The van der Waals surface area contributed by atoms with Crippen LogP contribution in [0.5, 0.6) is 0 Å². The van der Waals surface area contributed by atoms with Crippen LogP contribution in [0.15, 0.2) is 66.5 Å². The van der Waals surface area contributed by atoms with Crippen LogP contribution in [0, 0.1) is 6.42 Å². The second-order valence-electron chi connectivity index (χ2n) is 4.36. The standard InChI is InChI=1S/C17H15O/c1-2-10-16(11-3-1)18-13-15-9-6-8-14-7-4-5-12-17(14)15/h1-2,4-12H,3,13H2. The number of ether oxygens (including phenoxy) is 1. The lowest BCUT2D eigenvalue weighted by Gasteiger charge is -2.11. The van der Waals surface area contributed by atoms with Crippen molar-refractivity contribution >= 4 is 10.8 Å². The van der Waals surface area contributed by atoms with Crippen molar-refractivity contribution in [1.29, 1.82) is 0 Å². The second-order valence-corrected chi connectivity index (χ2v) is 4.36. The highest BCUT2D eigenvalue weighted by atomic mass is 16.5. The van der Waals surface area contributed by atoms with Crippen LogP contribution >= 0.6 is 0 Å². The maximum absolute atomic E-state index is 5.83. The molecule has 0 saturated heterocycles. The maximum atomic E-state index is 5.83. The lowest BCUT2D eigenvalue weighted by molar-refractivity contribution is 0.211. The summed E-state index contributed by atoms with van der Waals surface area (Å²) in [4.78, 5) is 0. The van der Waals surface area contributed by atoms with E-state index in [-0.39, 0.29) is 0 Å². The third kappa shape index (κ3) is 2.30. The van der Waals surface area contributed by atoms with Crippen LogP contribution in [0.25, 0.3) is 10.8 Å². The van der Waals surface area contributed by atoms with Crippen molar-refractivity contribution in [1.82, 2.24) is 0 Å². The van der Waals surface area contributed by atoms with Gasteiger partial charge in [-0.15, -0.1) is 0 Å². The van der Waals surface area contributed by atoms with E-state index in [1.807, 2.05) is 12.2 Å². The molecular weight excluding hydrogens is 220 g/mol. The van der Waals surface area contributed by atoms with E-state index in [0.717, 1.165) is 12.2 Å². The predicted octanol–water partition coefficient (Wildman–Crippen LogP) is 4.40. The first-order chi connectivity index (χ1) is 8.93. The Hall–Kier alpha value is -2.02. The van der Waals surface area contributed by atoms with Gasteiger partial charge in [0.2, 0.25) is 0 Å². The van der Waals surface area contributed by atoms with Gasteiger partial charge in [-0.3, -0.25) is 0 Å². The fourth-order valence-corrected chi connectivity index (χ4v) is 2.18. The molecule has 18 heavy (non-hydrogen) atoms. The summed E-state index contributed by atoms with van der Waals surface area (Å²) < 4.78 is 5.83. The molecule has 0 aromatic heterocycles. The van der Waals surface area contributed by atoms with Crippen LogP contribution in [0.4, 0.5) is 0 Å². The van der Waals surface area contributed by atoms with Crippen molar-refractivity contribution in [3.63, 3.8) is 0 Å². The molecular formula is C17H15O. The number of hydrogen-bond acceptors (Lipinski definition) is 1. The van der Waals surface area contributed by atoms with E-state index in [2.05, 4.69) is 55.0 Å². The molecule has 1 aliphatic rings. The first kappa shape index (κ1) is 11.1. The molecule has 0 unspecified atom stereocenters. The summed E-state index contributed by atoms with van der Waals surface area (Å²) in [5, 5.41) is 2.53. The SMILES string of the molecule is [CH]1C=CC(OCc2cccc3ccccc23)=CC1. The Labute approximate surface area is 107 Å². The number of rotatable bonds is 3. The highest BCUT2D eigenvalue weighted by Gasteiger charge is 2.02. The molecule has 89 valence electrons. The quantitative estimate of drug-likeness (QED) is 0.766. The number of hydrogen-bond donors (Lipinski definition) is 0. The summed E-state index contributed by atoms with van der Waals surface area (Å²) in [6.07, 6.45) is 9.23. The Morgan fingerprint density at radius 1 is 1.00 bits per heavy atom. The third-order valence-electron chi connectivity index (χ3n) is 3.13. The topological polar surface area (TPSA) is 9.23 Å². The zero-order valence-corrected chi connectivity index (χ0v) is 10.2. The summed E-state index contributed by atoms with van der Waals surface area (Å²) >= 11 is 0. The largest absolute Gasteiger partial charge is 0.489 e. The average Bonchev–Trinajstić information content (AvgIpc) is 2.46. The molecule has 0 N–H and O–H groups in total. The average molecular weight is 235 g/mol. The molecule has 3 rings (SSSR count). The van der Waals surface area contributed by atoms with Crippen LogP contribution in [0.3, 0.4) is 0 Å². The molecule has 2 aromatic carbocycles. The monoisotopic (exact) mass is 235 g/mol. The minimum Gasteiger partial charge on any atom is -0.489 e. The van der Waals surface area contributed by atoms with Gasteiger partial charge in [0, 0.05) is 0 Å². The van der Waals surface area contributed by atoms with E-state index in [9.17, 15) is 0 Å². The van der Waals surface area contributed by atoms with E-state index in [0.29, 0.717) is 6.61 Å². The highest BCUT2D eigenvalue weighted by molar-refractivity contribution is 5.85. The smallest absolute Gasteiger partial charge is 0.115 e. The number of fused-ring (bicyclic) bond motifs is 1. The van der Waals surface area contributed by atoms with Crippen molar-refractivity contribution in [2.45, 2.75) is 13.0 Å². The van der Waals surface area contributed by atoms with Crippen molar-refractivity contribution < 1.29 is 4.74 Å². The molecule has 0 bridgehead atoms. The first-order valence-corrected chi connectivity index (χ1v) is 6.23. The van der Waals surface area contributed by atoms with E-state index < -0.39 is 0 Å². The summed E-state index contributed by atoms with van der Waals surface area (Å²) in [6.45, 7) is 0.623. The molecule has 0 atom stereocenters. The molecule has 0 fully saturated rings. The Morgan fingerprint density at radius 2 is 1.89 bits per heavy atom. The molecule has 1 nitrogen and oxygen atoms in total. The molecule has 0 spiro atoms. The summed E-state index contributed by atoms with van der Waals surface area (Å²) in [5.74, 6) is 0.963. The van der Waals surface area contributed by atoms with Gasteiger partial charge in [0.25, 0.3) is 0 Å². The van der Waals surface area contributed by atoms with Gasteiger partial charge in [0.1, 0.15) is 12.4 Å². The third-order valence-corrected chi connectivity index (χ3v) is 3.13. The van der Waals surface area contributed by atoms with Gasteiger partial charge in [-0.1, -0.05) is 48.5 Å². The van der Waals surface area contributed by atoms with E-state index in [1.165, 1.54) is 16.3 Å². The Balaban J connectivity index is 1.82. The first-order valence-electron chi connectivity index (χ1n) is 6.23. The minimum atomic E-state index is 0.623. The highest BCUT2D eigenvalue weighted by Crippen LogP contribution is 2.21. The van der Waals surface area contributed by atoms with E-state index >= 15 is 0 Å². The van der Waals surface area contributed by atoms with Gasteiger partial charge in [0.15, 0.2) is 0 Å². The van der Waals surface area contributed by atoms with Gasteiger partial charge in [0.05, 0.1) is 0 Å². The molecule has 0 aliphatic heterocycles. The Bertz CT molecular complexity index is 603. The lowest BCUT2D eigenvalue weighted by atomic mass is 10.1. The van der Waals surface area contributed by atoms with Gasteiger partial charge in [-0.2, -0.15) is 0 Å². The van der Waals surface area contributed by atoms with Gasteiger partial charge < -0.3 is 4.74 Å². The molecule has 1 radical (unpaired) electrons. The van der Waals surface area contributed by atoms with Crippen LogP contribution < -0.4 is 0 Å². The summed E-state index contributed by atoms with van der Waals surface area (Å²) in [5.41, 5.74) is 1.23. The van der Waals surface area contributed by atoms with Crippen molar-refractivity contribution in [2.24, 2.45) is 0 Å². The molecule has 0 saturated carbocycles. The van der Waals surface area contributed by atoms with E-state index in [1.54, 1.807) is 0 Å². The van der Waals surface area contributed by atoms with Crippen LogP contribution in [-0.4, -0.2) is 0 Å². The summed E-state index contributed by atoms with van der Waals surface area (Å²) in [7, 11) is 0. The van der Waals surface area contributed by atoms with Crippen LogP contribution in [-0.2, 0) is 11.3 Å². The second kappa shape index (κ2) is 5.09. The molecule has 2 aromatic rings. The van der Waals surface area contributed by atoms with Crippen molar-refractivity contribution in [3.8, 4) is 0 Å². The van der Waals surface area contributed by atoms with Crippen LogP contribution in [0.2, 0.25) is 0 Å². The predicted molar refractivity (Wildman–Crippen MR) is 74.9 cm³/mol. The zero-order valence-electron chi connectivity index (χ0n) is 10.2. The lowest BCUT2D eigenvalue weighted by Crippen LogP contribution is -1.95. The van der Waals surface area contributed by atoms with Crippen molar-refractivity contribution in [2.75, 3.05) is 0 Å². The number of benzene rings is 2. The molecule has 1 heteroatoms. The molecule has 1 aliphatic carbocycles. The fourth-order valence-electron chi connectivity index (χ4n) is 2.18. The summed E-state index contributed by atoms with van der Waals surface area (Å²) in [6, 6.07) is 14.8. The van der Waals surface area contributed by atoms with Gasteiger partial charge in [-0.25, -0.2) is 0 Å². The van der Waals surface area contributed by atoms with Crippen LogP contribution in [0.1, 0.15) is 12.0 Å². The Morgan fingerprint density at radius 3 is 2.78 bits per heavy atom. The Kier molecular flexibility index (Phi) is 3.14. The zero-order chi connectivity index (χ0) is 12.2. The molecule has 0 heterocycles.